The van der Waals surface area contributed by atoms with E-state index in [1.165, 1.54) is 15.9 Å². The molecule has 0 bridgehead atoms. The number of hydrogen-bond acceptors (Lipinski definition) is 5. The fourth-order valence-corrected chi connectivity index (χ4v) is 4.62. The Bertz CT molecular complexity index is 1190. The van der Waals surface area contributed by atoms with Crippen LogP contribution in [0.4, 0.5) is 18.9 Å². The van der Waals surface area contributed by atoms with E-state index in [0.717, 1.165) is 23.1 Å². The van der Waals surface area contributed by atoms with Crippen LogP contribution >= 0.6 is 11.6 Å². The Morgan fingerprint density at radius 2 is 2.03 bits per heavy atom. The summed E-state index contributed by atoms with van der Waals surface area (Å²) in [6.07, 6.45) is -2.30. The maximum atomic E-state index is 12.9. The Balaban J connectivity index is 1.78. The molecule has 0 spiro atoms. The molecule has 1 aromatic carbocycles. The van der Waals surface area contributed by atoms with Crippen LogP contribution in [-0.4, -0.2) is 52.3 Å². The van der Waals surface area contributed by atoms with Gasteiger partial charge in [-0.1, -0.05) is 11.6 Å². The molecule has 1 unspecified atom stereocenters. The van der Waals surface area contributed by atoms with E-state index in [1.807, 2.05) is 0 Å². The topological polar surface area (TPSA) is 106 Å². The molecule has 1 atom stereocenters. The quantitative estimate of drug-likeness (QED) is 0.683. The second kappa shape index (κ2) is 8.87. The van der Waals surface area contributed by atoms with E-state index in [4.69, 9.17) is 11.6 Å². The van der Waals surface area contributed by atoms with Gasteiger partial charge in [0.15, 0.2) is 0 Å². The minimum Gasteiger partial charge on any atom is -0.323 e. The Labute approximate surface area is 186 Å². The lowest BCUT2D eigenvalue weighted by molar-refractivity contribution is -0.137. The number of anilines is 1. The average Bonchev–Trinajstić information content (AvgIpc) is 2.96. The molecule has 1 fully saturated rings. The fraction of sp³-hybridized carbons (Fsp3) is 0.500. The Hall–Kier alpha value is -2.38. The molecule has 3 rings (SSSR count). The highest BCUT2D eigenvalue weighted by Crippen LogP contribution is 2.33. The van der Waals surface area contributed by atoms with Crippen LogP contribution in [0.25, 0.3) is 0 Å². The van der Waals surface area contributed by atoms with Gasteiger partial charge in [-0.15, -0.1) is 0 Å². The molecule has 2 aromatic rings. The molecular formula is C18H21ClF3N5O4S. The number of nitrogens with zero attached hydrogens (tertiary/aromatic N) is 4. The number of halogens is 4. The van der Waals surface area contributed by atoms with Gasteiger partial charge < -0.3 is 5.32 Å². The Kier molecular flexibility index (Phi) is 6.72. The van der Waals surface area contributed by atoms with E-state index in [1.54, 1.807) is 0 Å². The number of sulfonamides is 1. The van der Waals surface area contributed by atoms with Crippen LogP contribution in [0.3, 0.4) is 0 Å². The number of alkyl halides is 3. The van der Waals surface area contributed by atoms with E-state index in [-0.39, 0.29) is 23.2 Å². The molecule has 0 radical (unpaired) electrons. The van der Waals surface area contributed by atoms with Crippen molar-refractivity contribution in [2.75, 3.05) is 24.7 Å². The van der Waals surface area contributed by atoms with Crippen LogP contribution in [0, 0.1) is 0 Å². The highest BCUT2D eigenvalue weighted by atomic mass is 35.5. The molecule has 1 aromatic heterocycles. The normalized spacial score (nSPS) is 18.0. The highest BCUT2D eigenvalue weighted by molar-refractivity contribution is 7.88. The van der Waals surface area contributed by atoms with Crippen molar-refractivity contribution in [3.63, 3.8) is 0 Å². The number of piperidine rings is 1. The highest BCUT2D eigenvalue weighted by Gasteiger charge is 2.32. The first-order valence-corrected chi connectivity index (χ1v) is 11.8. The number of carbonyl (C=O) groups is 1. The van der Waals surface area contributed by atoms with Gasteiger partial charge in [-0.05, 0) is 31.0 Å². The first-order chi connectivity index (χ1) is 14.8. The van der Waals surface area contributed by atoms with E-state index in [0.29, 0.717) is 31.3 Å². The number of aromatic nitrogens is 3. The number of carbonyl (C=O) groups excluding carboxylic acids is 1. The number of rotatable bonds is 5. The predicted octanol–water partition coefficient (Wildman–Crippen LogP) is 2.03. The standard InChI is InChI=1S/C18H21ClF3N5O4S/c1-25-16(11-4-3-7-26(9-11)32(2,30)31)24-27(17(25)29)10-15(28)23-14-8-12(18(20,21)22)5-6-13(14)19/h5-6,8,11H,3-4,7,9-10H2,1-2H3,(H,23,28). The molecule has 2 heterocycles. The number of amides is 1. The van der Waals surface area contributed by atoms with Gasteiger partial charge in [0.05, 0.1) is 22.5 Å². The van der Waals surface area contributed by atoms with Crippen molar-refractivity contribution >= 4 is 33.2 Å². The second-order valence-electron chi connectivity index (χ2n) is 7.56. The molecule has 1 aliphatic rings. The van der Waals surface area contributed by atoms with E-state index < -0.39 is 39.9 Å². The Morgan fingerprint density at radius 1 is 1.34 bits per heavy atom. The largest absolute Gasteiger partial charge is 0.416 e. The summed E-state index contributed by atoms with van der Waals surface area (Å²) in [5.74, 6) is -0.800. The summed E-state index contributed by atoms with van der Waals surface area (Å²) in [4.78, 5) is 24.9. The smallest absolute Gasteiger partial charge is 0.323 e. The zero-order valence-corrected chi connectivity index (χ0v) is 18.8. The third-order valence-electron chi connectivity index (χ3n) is 5.15. The summed E-state index contributed by atoms with van der Waals surface area (Å²) >= 11 is 5.88. The lowest BCUT2D eigenvalue weighted by atomic mass is 9.99. The Morgan fingerprint density at radius 3 is 2.66 bits per heavy atom. The van der Waals surface area contributed by atoms with Crippen molar-refractivity contribution in [1.82, 2.24) is 18.7 Å². The lowest BCUT2D eigenvalue weighted by Gasteiger charge is -2.30. The van der Waals surface area contributed by atoms with Gasteiger partial charge in [-0.2, -0.15) is 18.3 Å². The van der Waals surface area contributed by atoms with Gasteiger partial charge in [0.25, 0.3) is 0 Å². The summed E-state index contributed by atoms with van der Waals surface area (Å²) in [6.45, 7) is -0.0128. The minimum atomic E-state index is -4.61. The van der Waals surface area contributed by atoms with Gasteiger partial charge >= 0.3 is 11.9 Å². The molecule has 32 heavy (non-hydrogen) atoms. The number of nitrogens with one attached hydrogen (secondary N) is 1. The van der Waals surface area contributed by atoms with E-state index in [2.05, 4.69) is 10.4 Å². The summed E-state index contributed by atoms with van der Waals surface area (Å²) in [6, 6.07) is 2.51. The monoisotopic (exact) mass is 495 g/mol. The lowest BCUT2D eigenvalue weighted by Crippen LogP contribution is -2.39. The maximum Gasteiger partial charge on any atom is 0.416 e. The summed E-state index contributed by atoms with van der Waals surface area (Å²) in [5.41, 5.74) is -1.84. The van der Waals surface area contributed by atoms with Gasteiger partial charge in [0.1, 0.15) is 12.4 Å². The number of hydrogen-bond donors (Lipinski definition) is 1. The van der Waals surface area contributed by atoms with Crippen LogP contribution in [0.15, 0.2) is 23.0 Å². The van der Waals surface area contributed by atoms with Gasteiger partial charge in [-0.25, -0.2) is 22.2 Å². The number of benzene rings is 1. The van der Waals surface area contributed by atoms with Crippen molar-refractivity contribution in [3.05, 3.63) is 45.1 Å². The molecule has 1 N–H and O–H groups in total. The molecule has 1 aliphatic heterocycles. The minimum absolute atomic E-state index is 0.0940. The third kappa shape index (κ3) is 5.33. The summed E-state index contributed by atoms with van der Waals surface area (Å²) in [7, 11) is -1.94. The van der Waals surface area contributed by atoms with Gasteiger partial charge in [0.2, 0.25) is 15.9 Å². The van der Waals surface area contributed by atoms with Crippen LogP contribution in [-0.2, 0) is 34.6 Å². The molecule has 176 valence electrons. The molecule has 1 amide bonds. The predicted molar refractivity (Wildman–Crippen MR) is 111 cm³/mol. The first-order valence-electron chi connectivity index (χ1n) is 9.53. The molecule has 9 nitrogen and oxygen atoms in total. The fourth-order valence-electron chi connectivity index (χ4n) is 3.54. The van der Waals surface area contributed by atoms with Crippen molar-refractivity contribution < 1.29 is 26.4 Å². The first kappa shape index (κ1) is 24.3. The third-order valence-corrected chi connectivity index (χ3v) is 6.75. The van der Waals surface area contributed by atoms with Gasteiger partial charge in [0, 0.05) is 26.1 Å². The molecule has 14 heteroatoms. The molecular weight excluding hydrogens is 475 g/mol. The van der Waals surface area contributed by atoms with Crippen molar-refractivity contribution in [1.29, 1.82) is 0 Å². The SMILES string of the molecule is Cn1c(C2CCCN(S(C)(=O)=O)C2)nn(CC(=O)Nc2cc(C(F)(F)F)ccc2Cl)c1=O. The molecule has 0 saturated carbocycles. The van der Waals surface area contributed by atoms with Crippen molar-refractivity contribution in [2.45, 2.75) is 31.5 Å². The average molecular weight is 496 g/mol. The van der Waals surface area contributed by atoms with Crippen molar-refractivity contribution in [3.8, 4) is 0 Å². The molecule has 1 saturated heterocycles. The van der Waals surface area contributed by atoms with Crippen molar-refractivity contribution in [2.24, 2.45) is 7.05 Å². The van der Waals surface area contributed by atoms with Crippen LogP contribution in [0.1, 0.15) is 30.1 Å². The molecule has 0 aliphatic carbocycles. The summed E-state index contributed by atoms with van der Waals surface area (Å²) in [5, 5.41) is 6.35. The van der Waals surface area contributed by atoms with E-state index in [9.17, 15) is 31.2 Å². The van der Waals surface area contributed by atoms with Crippen LogP contribution < -0.4 is 11.0 Å². The van der Waals surface area contributed by atoms with E-state index >= 15 is 0 Å². The summed E-state index contributed by atoms with van der Waals surface area (Å²) < 4.78 is 65.9. The van der Waals surface area contributed by atoms with Crippen LogP contribution in [0.5, 0.6) is 0 Å². The maximum absolute atomic E-state index is 12.9. The zero-order valence-electron chi connectivity index (χ0n) is 17.2. The zero-order chi connectivity index (χ0) is 23.8. The van der Waals surface area contributed by atoms with Crippen LogP contribution in [0.2, 0.25) is 5.02 Å². The van der Waals surface area contributed by atoms with Gasteiger partial charge in [-0.3, -0.25) is 9.36 Å². The second-order valence-corrected chi connectivity index (χ2v) is 9.95.